The van der Waals surface area contributed by atoms with E-state index in [0.29, 0.717) is 11.8 Å². The number of nitrogens with zero attached hydrogens (tertiary/aromatic N) is 1. The van der Waals surface area contributed by atoms with Crippen LogP contribution < -0.4 is 5.32 Å². The predicted molar refractivity (Wildman–Crippen MR) is 106 cm³/mol. The van der Waals surface area contributed by atoms with Crippen molar-refractivity contribution < 1.29 is 21.6 Å². The van der Waals surface area contributed by atoms with Crippen molar-refractivity contribution in [3.8, 4) is 0 Å². The molecule has 0 aliphatic rings. The predicted octanol–water partition coefficient (Wildman–Crippen LogP) is 5.36. The van der Waals surface area contributed by atoms with Gasteiger partial charge < -0.3 is 5.32 Å². The van der Waals surface area contributed by atoms with Gasteiger partial charge in [0, 0.05) is 12.5 Å². The molecule has 0 aliphatic heterocycles. The monoisotopic (exact) mass is 440 g/mol. The number of pyridine rings is 1. The Balaban J connectivity index is 2.05. The van der Waals surface area contributed by atoms with Gasteiger partial charge >= 0.3 is 6.18 Å². The number of aromatic nitrogens is 1. The Labute approximate surface area is 171 Å². The molecule has 0 radical (unpaired) electrons. The van der Waals surface area contributed by atoms with Gasteiger partial charge in [-0.1, -0.05) is 54.1 Å². The molecule has 3 aromatic rings. The van der Waals surface area contributed by atoms with Crippen LogP contribution in [0, 0.1) is 0 Å². The van der Waals surface area contributed by atoms with E-state index in [9.17, 15) is 21.6 Å². The van der Waals surface area contributed by atoms with Crippen molar-refractivity contribution in [3.05, 3.63) is 88.6 Å². The Hall–Kier alpha value is -2.58. The Morgan fingerprint density at radius 2 is 1.66 bits per heavy atom. The summed E-state index contributed by atoms with van der Waals surface area (Å²) in [5.41, 5.74) is 0.399. The summed E-state index contributed by atoms with van der Waals surface area (Å²) in [5.74, 6) is 0.0540. The SMILES string of the molecule is CS(=O)(=O)c1cccc(C(Nc2ncc(C(F)(F)F)cc2Cl)c2ccccc2)c1. The highest BCUT2D eigenvalue weighted by atomic mass is 35.5. The van der Waals surface area contributed by atoms with Crippen molar-refractivity contribution in [3.63, 3.8) is 0 Å². The number of sulfone groups is 1. The molecule has 0 saturated carbocycles. The third-order valence-electron chi connectivity index (χ3n) is 4.20. The van der Waals surface area contributed by atoms with E-state index in [4.69, 9.17) is 11.6 Å². The summed E-state index contributed by atoms with van der Waals surface area (Å²) < 4.78 is 62.5. The lowest BCUT2D eigenvalue weighted by atomic mass is 9.98. The van der Waals surface area contributed by atoms with Gasteiger partial charge in [-0.05, 0) is 29.3 Å². The number of hydrogen-bond acceptors (Lipinski definition) is 4. The van der Waals surface area contributed by atoms with Crippen LogP contribution in [0.2, 0.25) is 5.02 Å². The Bertz CT molecular complexity index is 1120. The highest BCUT2D eigenvalue weighted by Crippen LogP contribution is 2.35. The van der Waals surface area contributed by atoms with Gasteiger partial charge in [0.05, 0.1) is 21.5 Å². The maximum atomic E-state index is 12.9. The van der Waals surface area contributed by atoms with Crippen LogP contribution in [0.15, 0.2) is 71.8 Å². The normalized spacial score (nSPS) is 13.1. The molecule has 9 heteroatoms. The second kappa shape index (κ2) is 8.04. The lowest BCUT2D eigenvalue weighted by Crippen LogP contribution is -2.15. The van der Waals surface area contributed by atoms with Crippen LogP contribution in [0.3, 0.4) is 0 Å². The number of benzene rings is 2. The quantitative estimate of drug-likeness (QED) is 0.580. The molecule has 3 rings (SSSR count). The van der Waals surface area contributed by atoms with Gasteiger partial charge in [-0.25, -0.2) is 13.4 Å². The third-order valence-corrected chi connectivity index (χ3v) is 5.60. The van der Waals surface area contributed by atoms with Crippen LogP contribution in [-0.4, -0.2) is 19.7 Å². The minimum Gasteiger partial charge on any atom is -0.358 e. The number of rotatable bonds is 5. The van der Waals surface area contributed by atoms with Gasteiger partial charge in [0.15, 0.2) is 9.84 Å². The molecule has 1 unspecified atom stereocenters. The Morgan fingerprint density at radius 3 is 2.24 bits per heavy atom. The van der Waals surface area contributed by atoms with Crippen molar-refractivity contribution in [1.82, 2.24) is 4.98 Å². The first kappa shape index (κ1) is 21.1. The van der Waals surface area contributed by atoms with Gasteiger partial charge in [0.1, 0.15) is 5.82 Å². The summed E-state index contributed by atoms with van der Waals surface area (Å²) in [4.78, 5) is 3.95. The zero-order valence-electron chi connectivity index (χ0n) is 15.1. The molecule has 0 spiro atoms. The van der Waals surface area contributed by atoms with Crippen LogP contribution in [0.1, 0.15) is 22.7 Å². The van der Waals surface area contributed by atoms with Crippen molar-refractivity contribution in [2.45, 2.75) is 17.1 Å². The maximum absolute atomic E-state index is 12.9. The number of halogens is 4. The molecule has 0 aliphatic carbocycles. The van der Waals surface area contributed by atoms with E-state index in [1.165, 1.54) is 12.1 Å². The van der Waals surface area contributed by atoms with E-state index < -0.39 is 27.6 Å². The van der Waals surface area contributed by atoms with Crippen LogP contribution in [0.5, 0.6) is 0 Å². The second-order valence-electron chi connectivity index (χ2n) is 6.38. The molecule has 0 bridgehead atoms. The summed E-state index contributed by atoms with van der Waals surface area (Å²) in [5, 5.41) is 2.84. The summed E-state index contributed by atoms with van der Waals surface area (Å²) in [7, 11) is -3.44. The van der Waals surface area contributed by atoms with Crippen LogP contribution >= 0.6 is 11.6 Å². The molecular formula is C20H16ClF3N2O2S. The minimum absolute atomic E-state index is 0.0540. The standard InChI is InChI=1S/C20H16ClF3N2O2S/c1-29(27,28)16-9-5-8-14(10-16)18(13-6-3-2-4-7-13)26-19-17(21)11-15(12-25-19)20(22,23)24/h2-12,18H,1H3,(H,25,26). The van der Waals surface area contributed by atoms with Crippen LogP contribution in [0.25, 0.3) is 0 Å². The Morgan fingerprint density at radius 1 is 1.00 bits per heavy atom. The van der Waals surface area contributed by atoms with E-state index in [0.717, 1.165) is 17.9 Å². The highest BCUT2D eigenvalue weighted by Gasteiger charge is 2.32. The van der Waals surface area contributed by atoms with Crippen molar-refractivity contribution in [2.24, 2.45) is 0 Å². The number of alkyl halides is 3. The Kier molecular flexibility index (Phi) is 5.86. The van der Waals surface area contributed by atoms with Crippen molar-refractivity contribution in [1.29, 1.82) is 0 Å². The van der Waals surface area contributed by atoms with Crippen molar-refractivity contribution in [2.75, 3.05) is 11.6 Å². The fourth-order valence-electron chi connectivity index (χ4n) is 2.77. The molecule has 29 heavy (non-hydrogen) atoms. The van der Waals surface area contributed by atoms with Gasteiger partial charge in [0.25, 0.3) is 0 Å². The average Bonchev–Trinajstić information content (AvgIpc) is 2.66. The number of hydrogen-bond donors (Lipinski definition) is 1. The molecule has 1 atom stereocenters. The molecule has 1 heterocycles. The lowest BCUT2D eigenvalue weighted by Gasteiger charge is -2.22. The molecule has 4 nitrogen and oxygen atoms in total. The first-order valence-corrected chi connectivity index (χ1v) is 10.7. The number of nitrogens with one attached hydrogen (secondary N) is 1. The maximum Gasteiger partial charge on any atom is 0.417 e. The summed E-state index contributed by atoms with van der Waals surface area (Å²) >= 11 is 6.04. The van der Waals surface area contributed by atoms with Crippen LogP contribution in [-0.2, 0) is 16.0 Å². The van der Waals surface area contributed by atoms with E-state index >= 15 is 0 Å². The molecule has 0 saturated heterocycles. The molecule has 0 amide bonds. The summed E-state index contributed by atoms with van der Waals surface area (Å²) in [6.07, 6.45) is -2.76. The van der Waals surface area contributed by atoms with Gasteiger partial charge in [-0.2, -0.15) is 13.2 Å². The molecule has 1 N–H and O–H groups in total. The average molecular weight is 441 g/mol. The zero-order chi connectivity index (χ0) is 21.2. The highest BCUT2D eigenvalue weighted by molar-refractivity contribution is 7.90. The lowest BCUT2D eigenvalue weighted by molar-refractivity contribution is -0.137. The molecule has 152 valence electrons. The first-order valence-electron chi connectivity index (χ1n) is 8.40. The second-order valence-corrected chi connectivity index (χ2v) is 8.81. The van der Waals surface area contributed by atoms with E-state index in [-0.39, 0.29) is 15.7 Å². The molecule has 0 fully saturated rings. The fourth-order valence-corrected chi connectivity index (χ4v) is 3.66. The molecule has 1 aromatic heterocycles. The molecule has 2 aromatic carbocycles. The van der Waals surface area contributed by atoms with Gasteiger partial charge in [-0.3, -0.25) is 0 Å². The van der Waals surface area contributed by atoms with E-state index in [2.05, 4.69) is 10.3 Å². The van der Waals surface area contributed by atoms with Gasteiger partial charge in [0.2, 0.25) is 0 Å². The van der Waals surface area contributed by atoms with E-state index in [1.54, 1.807) is 24.3 Å². The van der Waals surface area contributed by atoms with Crippen LogP contribution in [0.4, 0.5) is 19.0 Å². The number of anilines is 1. The minimum atomic E-state index is -4.56. The van der Waals surface area contributed by atoms with Gasteiger partial charge in [-0.15, -0.1) is 0 Å². The smallest absolute Gasteiger partial charge is 0.358 e. The summed E-state index contributed by atoms with van der Waals surface area (Å²) in [6.45, 7) is 0. The fraction of sp³-hybridized carbons (Fsp3) is 0.150. The van der Waals surface area contributed by atoms with Crippen molar-refractivity contribution >= 4 is 27.3 Å². The molecular weight excluding hydrogens is 425 g/mol. The first-order chi connectivity index (χ1) is 13.6. The summed E-state index contributed by atoms with van der Waals surface area (Å²) in [6, 6.07) is 15.6. The topological polar surface area (TPSA) is 59.1 Å². The largest absolute Gasteiger partial charge is 0.417 e. The van der Waals surface area contributed by atoms with E-state index in [1.807, 2.05) is 18.2 Å². The third kappa shape index (κ3) is 5.07. The zero-order valence-corrected chi connectivity index (χ0v) is 16.7.